The van der Waals surface area contributed by atoms with Crippen molar-refractivity contribution >= 4 is 12.4 Å². The summed E-state index contributed by atoms with van der Waals surface area (Å²) < 4.78 is 6.32. The predicted molar refractivity (Wildman–Crippen MR) is 125 cm³/mol. The summed E-state index contributed by atoms with van der Waals surface area (Å²) in [5, 5.41) is 28.0. The molecule has 0 spiro atoms. The van der Waals surface area contributed by atoms with Crippen LogP contribution in [0, 0.1) is 22.0 Å². The van der Waals surface area contributed by atoms with Crippen molar-refractivity contribution < 1.29 is 24.4 Å². The van der Waals surface area contributed by atoms with Crippen LogP contribution in [0.4, 0.5) is 0 Å². The fourth-order valence-corrected chi connectivity index (χ4v) is 4.95. The number of benzene rings is 2. The van der Waals surface area contributed by atoms with Crippen molar-refractivity contribution in [3.8, 4) is 0 Å². The number of ether oxygens (including phenoxy) is 1. The first-order valence-corrected chi connectivity index (χ1v) is 11.4. The molecule has 1 aliphatic heterocycles. The van der Waals surface area contributed by atoms with Gasteiger partial charge in [0, 0.05) is 4.92 Å². The average Bonchev–Trinajstić information content (AvgIpc) is 3.14. The van der Waals surface area contributed by atoms with Crippen LogP contribution in [0.5, 0.6) is 0 Å². The highest BCUT2D eigenvalue weighted by molar-refractivity contribution is 5.69. The Kier molecular flexibility index (Phi) is 8.36. The Morgan fingerprint density at radius 2 is 1.85 bits per heavy atom. The summed E-state index contributed by atoms with van der Waals surface area (Å²) in [5.41, 5.74) is -0.0392. The van der Waals surface area contributed by atoms with Crippen molar-refractivity contribution in [1.29, 1.82) is 0 Å². The molecule has 3 rings (SSSR count). The summed E-state index contributed by atoms with van der Waals surface area (Å²) in [6.45, 7) is 4.08. The quantitative estimate of drug-likeness (QED) is 0.247. The highest BCUT2D eigenvalue weighted by Gasteiger charge is 2.63. The second-order valence-electron chi connectivity index (χ2n) is 8.79. The summed E-state index contributed by atoms with van der Waals surface area (Å²) in [6, 6.07) is 16.2. The van der Waals surface area contributed by atoms with E-state index in [1.165, 1.54) is 0 Å². The lowest BCUT2D eigenvalue weighted by Crippen LogP contribution is -2.62. The van der Waals surface area contributed by atoms with Crippen LogP contribution < -0.4 is 10.6 Å². The zero-order chi connectivity index (χ0) is 24.7. The number of rotatable bonds is 12. The molecule has 0 aromatic heterocycles. The minimum atomic E-state index is -1.57. The average molecular weight is 470 g/mol. The van der Waals surface area contributed by atoms with E-state index < -0.39 is 42.2 Å². The highest BCUT2D eigenvalue weighted by atomic mass is 16.6. The van der Waals surface area contributed by atoms with Gasteiger partial charge in [0.25, 0.3) is 0 Å². The summed E-state index contributed by atoms with van der Waals surface area (Å²) in [4.78, 5) is 35.8. The molecular weight excluding hydrogens is 438 g/mol. The maximum Gasteiger partial charge on any atom is 0.307 e. The van der Waals surface area contributed by atoms with Crippen LogP contribution >= 0.6 is 0 Å². The maximum absolute atomic E-state index is 12.5. The van der Waals surface area contributed by atoms with Gasteiger partial charge in [-0.2, -0.15) is 0 Å². The first kappa shape index (κ1) is 25.3. The Morgan fingerprint density at radius 3 is 2.38 bits per heavy atom. The van der Waals surface area contributed by atoms with Crippen LogP contribution in [0.3, 0.4) is 0 Å². The number of carbonyl (C=O) groups excluding carboxylic acids is 1. The molecule has 34 heavy (non-hydrogen) atoms. The van der Waals surface area contributed by atoms with E-state index in [2.05, 4.69) is 10.6 Å². The Labute approximate surface area is 198 Å². The molecule has 6 atom stereocenters. The van der Waals surface area contributed by atoms with Gasteiger partial charge < -0.3 is 15.2 Å². The Balaban J connectivity index is 2.12. The van der Waals surface area contributed by atoms with Gasteiger partial charge in [0.1, 0.15) is 11.7 Å². The van der Waals surface area contributed by atoms with E-state index in [9.17, 15) is 24.8 Å². The van der Waals surface area contributed by atoms with Crippen molar-refractivity contribution in [2.24, 2.45) is 11.8 Å². The smallest absolute Gasteiger partial charge is 0.307 e. The zero-order valence-corrected chi connectivity index (χ0v) is 19.3. The minimum Gasteiger partial charge on any atom is -0.481 e. The van der Waals surface area contributed by atoms with Crippen molar-refractivity contribution in [3.05, 3.63) is 81.9 Å². The summed E-state index contributed by atoms with van der Waals surface area (Å²) in [5.74, 6) is -2.28. The van der Waals surface area contributed by atoms with Crippen LogP contribution in [0.25, 0.3) is 0 Å². The second-order valence-corrected chi connectivity index (χ2v) is 8.79. The van der Waals surface area contributed by atoms with Gasteiger partial charge in [0.15, 0.2) is 0 Å². The molecule has 2 aromatic carbocycles. The van der Waals surface area contributed by atoms with Gasteiger partial charge in [-0.25, -0.2) is 0 Å². The Morgan fingerprint density at radius 1 is 1.24 bits per heavy atom. The number of carboxylic acid groups (broad SMARTS) is 1. The number of nitrogens with one attached hydrogen (secondary N) is 2. The minimum absolute atomic E-state index is 0.144. The third-order valence-corrected chi connectivity index (χ3v) is 6.68. The summed E-state index contributed by atoms with van der Waals surface area (Å²) in [6.07, 6.45) is -0.182. The number of nitrogens with zero attached hydrogens (tertiary/aromatic N) is 1. The SMILES string of the molecule is CC[C@H](C)[C@H](OCc1ccccc1)[C@@H]1[C@H]([N+](=O)[O-])[C@H](c2ccccc2)N[C@@]1(CC(=O)O)NC=O. The van der Waals surface area contributed by atoms with Crippen LogP contribution in [-0.4, -0.2) is 40.2 Å². The van der Waals surface area contributed by atoms with Crippen LogP contribution in [-0.2, 0) is 20.9 Å². The van der Waals surface area contributed by atoms with Crippen molar-refractivity contribution in [3.63, 3.8) is 0 Å². The molecule has 1 aliphatic rings. The van der Waals surface area contributed by atoms with Crippen LogP contribution in [0.1, 0.15) is 43.9 Å². The van der Waals surface area contributed by atoms with Crippen molar-refractivity contribution in [2.45, 2.75) is 57.1 Å². The van der Waals surface area contributed by atoms with Gasteiger partial charge in [0.05, 0.1) is 25.0 Å². The molecule has 182 valence electrons. The van der Waals surface area contributed by atoms with E-state index in [0.29, 0.717) is 18.4 Å². The number of carbonyl (C=O) groups is 2. The number of amides is 1. The Bertz CT molecular complexity index is 973. The van der Waals surface area contributed by atoms with Gasteiger partial charge in [0.2, 0.25) is 12.5 Å². The lowest BCUT2D eigenvalue weighted by atomic mass is 9.76. The van der Waals surface area contributed by atoms with Crippen LogP contribution in [0.2, 0.25) is 0 Å². The molecule has 9 nitrogen and oxygen atoms in total. The van der Waals surface area contributed by atoms with E-state index in [1.54, 1.807) is 30.3 Å². The molecular formula is C25H31N3O6. The highest BCUT2D eigenvalue weighted by Crippen LogP contribution is 2.45. The topological polar surface area (TPSA) is 131 Å². The first-order valence-electron chi connectivity index (χ1n) is 11.4. The molecule has 9 heteroatoms. The van der Waals surface area contributed by atoms with Gasteiger partial charge in [-0.05, 0) is 17.0 Å². The second kappa shape index (κ2) is 11.2. The number of hydrogen-bond acceptors (Lipinski definition) is 6. The van der Waals surface area contributed by atoms with Gasteiger partial charge in [-0.1, -0.05) is 80.9 Å². The molecule has 3 N–H and O–H groups in total. The lowest BCUT2D eigenvalue weighted by Gasteiger charge is -2.39. The number of carboxylic acids is 1. The molecule has 0 saturated carbocycles. The molecule has 2 aromatic rings. The standard InChI is InChI=1S/C25H31N3O6/c1-3-17(2)24(34-15-18-10-6-4-7-11-18)21-23(28(32)33)22(19-12-8-5-9-13-19)27-25(21,26-16-29)14-20(30)31/h4-13,16-17,21-24,27H,3,14-15H2,1-2H3,(H,26,29)(H,30,31)/t17-,21-,22-,23-,24-,25+/m0/s1. The third-order valence-electron chi connectivity index (χ3n) is 6.68. The van der Waals surface area contributed by atoms with Gasteiger partial charge in [-0.3, -0.25) is 25.0 Å². The van der Waals surface area contributed by atoms with E-state index in [0.717, 1.165) is 5.56 Å². The predicted octanol–water partition coefficient (Wildman–Crippen LogP) is 3.14. The summed E-state index contributed by atoms with van der Waals surface area (Å²) in [7, 11) is 0. The molecule has 1 heterocycles. The first-order chi connectivity index (χ1) is 16.3. The van der Waals surface area contributed by atoms with E-state index in [1.807, 2.05) is 44.2 Å². The number of aliphatic carboxylic acids is 1. The monoisotopic (exact) mass is 469 g/mol. The number of nitro groups is 1. The van der Waals surface area contributed by atoms with Gasteiger partial charge in [-0.15, -0.1) is 0 Å². The van der Waals surface area contributed by atoms with Crippen molar-refractivity contribution in [2.75, 3.05) is 0 Å². The zero-order valence-electron chi connectivity index (χ0n) is 19.3. The van der Waals surface area contributed by atoms with E-state index in [4.69, 9.17) is 4.74 Å². The fraction of sp³-hybridized carbons (Fsp3) is 0.440. The molecule has 0 aliphatic carbocycles. The van der Waals surface area contributed by atoms with Crippen LogP contribution in [0.15, 0.2) is 60.7 Å². The maximum atomic E-state index is 12.5. The number of hydrogen-bond donors (Lipinski definition) is 3. The molecule has 1 fully saturated rings. The van der Waals surface area contributed by atoms with E-state index in [-0.39, 0.29) is 17.4 Å². The molecule has 0 unspecified atom stereocenters. The third kappa shape index (κ3) is 5.43. The van der Waals surface area contributed by atoms with E-state index >= 15 is 0 Å². The normalized spacial score (nSPS) is 25.9. The largest absolute Gasteiger partial charge is 0.481 e. The van der Waals surface area contributed by atoms with Gasteiger partial charge >= 0.3 is 5.97 Å². The molecule has 1 amide bonds. The Hall–Kier alpha value is -3.30. The molecule has 0 bridgehead atoms. The molecule has 1 saturated heterocycles. The summed E-state index contributed by atoms with van der Waals surface area (Å²) >= 11 is 0. The fourth-order valence-electron chi connectivity index (χ4n) is 4.95. The lowest BCUT2D eigenvalue weighted by molar-refractivity contribution is -0.536. The van der Waals surface area contributed by atoms with Crippen molar-refractivity contribution in [1.82, 2.24) is 10.6 Å². The molecule has 0 radical (unpaired) electrons.